The van der Waals surface area contributed by atoms with Crippen LogP contribution in [0.5, 0.6) is 0 Å². The highest BCUT2D eigenvalue weighted by molar-refractivity contribution is 6.44. The summed E-state index contributed by atoms with van der Waals surface area (Å²) in [6, 6.07) is 11.4. The van der Waals surface area contributed by atoms with E-state index in [1.54, 1.807) is 6.07 Å². The number of para-hydroxylation sites is 2. The Morgan fingerprint density at radius 1 is 1.07 bits per heavy atom. The molecule has 2 aromatic carbocycles. The molecule has 5 nitrogen and oxygen atoms in total. The second kappa shape index (κ2) is 7.58. The number of benzene rings is 2. The maximum atomic E-state index is 12.6. The first-order valence-corrected chi connectivity index (χ1v) is 9.70. The van der Waals surface area contributed by atoms with Gasteiger partial charge in [0.05, 0.1) is 20.8 Å². The zero-order chi connectivity index (χ0) is 19.0. The van der Waals surface area contributed by atoms with Crippen molar-refractivity contribution in [2.75, 3.05) is 23.3 Å². The Bertz CT molecular complexity index is 964. The normalized spacial score (nSPS) is 15.3. The van der Waals surface area contributed by atoms with Gasteiger partial charge in [0.2, 0.25) is 5.91 Å². The minimum atomic E-state index is -0.115. The quantitative estimate of drug-likeness (QED) is 0.553. The molecule has 1 aliphatic rings. The lowest BCUT2D eigenvalue weighted by Crippen LogP contribution is -2.38. The standard InChI is InChI=1S/C19H16Cl3N3O2/c20-12-9-14(22)16(10-13(12)21)23-18(26)11-5-7-25(8-6-11)19-24-15-3-1-2-4-17(15)27-19/h1-4,9-11H,5-8H2,(H,23,26). The maximum absolute atomic E-state index is 12.6. The number of aromatic nitrogens is 1. The molecule has 1 aromatic heterocycles. The summed E-state index contributed by atoms with van der Waals surface area (Å²) in [5.74, 6) is -0.191. The molecule has 140 valence electrons. The van der Waals surface area contributed by atoms with Gasteiger partial charge < -0.3 is 14.6 Å². The molecule has 0 atom stereocenters. The van der Waals surface area contributed by atoms with Gasteiger partial charge in [-0.25, -0.2) is 0 Å². The largest absolute Gasteiger partial charge is 0.423 e. The molecule has 1 saturated heterocycles. The zero-order valence-electron chi connectivity index (χ0n) is 14.2. The van der Waals surface area contributed by atoms with Crippen LogP contribution in [0.2, 0.25) is 15.1 Å². The first-order valence-electron chi connectivity index (χ1n) is 8.57. The van der Waals surface area contributed by atoms with Gasteiger partial charge in [0, 0.05) is 19.0 Å². The van der Waals surface area contributed by atoms with Gasteiger partial charge in [-0.15, -0.1) is 0 Å². The Kier molecular flexibility index (Phi) is 5.17. The minimum absolute atomic E-state index is 0.0764. The molecule has 2 heterocycles. The van der Waals surface area contributed by atoms with E-state index in [9.17, 15) is 4.79 Å². The fourth-order valence-corrected chi connectivity index (χ4v) is 3.78. The average Bonchev–Trinajstić information content (AvgIpc) is 3.10. The van der Waals surface area contributed by atoms with Crippen LogP contribution in [0, 0.1) is 5.92 Å². The van der Waals surface area contributed by atoms with E-state index in [0.29, 0.717) is 52.7 Å². The van der Waals surface area contributed by atoms with Crippen LogP contribution >= 0.6 is 34.8 Å². The molecule has 3 aromatic rings. The van der Waals surface area contributed by atoms with E-state index >= 15 is 0 Å². The Labute approximate surface area is 171 Å². The fourth-order valence-electron chi connectivity index (χ4n) is 3.18. The number of carbonyl (C=O) groups is 1. The monoisotopic (exact) mass is 423 g/mol. The summed E-state index contributed by atoms with van der Waals surface area (Å²) in [6.07, 6.45) is 1.40. The van der Waals surface area contributed by atoms with Gasteiger partial charge in [-0.3, -0.25) is 4.79 Å². The SMILES string of the molecule is O=C(Nc1cc(Cl)c(Cl)cc1Cl)C1CCN(c2nc3ccccc3o2)CC1. The van der Waals surface area contributed by atoms with Crippen molar-refractivity contribution >= 4 is 63.5 Å². The molecule has 0 aliphatic carbocycles. The van der Waals surface area contributed by atoms with Crippen molar-refractivity contribution in [1.82, 2.24) is 4.98 Å². The van der Waals surface area contributed by atoms with Crippen LogP contribution in [-0.2, 0) is 4.79 Å². The number of rotatable bonds is 3. The molecule has 1 aliphatic heterocycles. The maximum Gasteiger partial charge on any atom is 0.298 e. The average molecular weight is 425 g/mol. The van der Waals surface area contributed by atoms with Crippen LogP contribution in [0.15, 0.2) is 40.8 Å². The molecule has 0 radical (unpaired) electrons. The number of halogens is 3. The van der Waals surface area contributed by atoms with E-state index < -0.39 is 0 Å². The number of anilines is 2. The fraction of sp³-hybridized carbons (Fsp3) is 0.263. The number of oxazole rings is 1. The summed E-state index contributed by atoms with van der Waals surface area (Å²) in [6.45, 7) is 1.39. The van der Waals surface area contributed by atoms with Crippen molar-refractivity contribution in [2.45, 2.75) is 12.8 Å². The number of amides is 1. The molecule has 1 amide bonds. The number of piperidine rings is 1. The van der Waals surface area contributed by atoms with E-state index in [1.165, 1.54) is 6.07 Å². The topological polar surface area (TPSA) is 58.4 Å². The van der Waals surface area contributed by atoms with Crippen molar-refractivity contribution in [3.05, 3.63) is 51.5 Å². The third-order valence-electron chi connectivity index (χ3n) is 4.69. The summed E-state index contributed by atoms with van der Waals surface area (Å²) in [5.41, 5.74) is 2.07. The third-order valence-corrected chi connectivity index (χ3v) is 5.72. The second-order valence-electron chi connectivity index (χ2n) is 6.46. The number of nitrogens with zero attached hydrogens (tertiary/aromatic N) is 2. The highest BCUT2D eigenvalue weighted by atomic mass is 35.5. The smallest absolute Gasteiger partial charge is 0.298 e. The lowest BCUT2D eigenvalue weighted by atomic mass is 9.96. The van der Waals surface area contributed by atoms with Gasteiger partial charge in [0.15, 0.2) is 5.58 Å². The minimum Gasteiger partial charge on any atom is -0.423 e. The number of hydrogen-bond acceptors (Lipinski definition) is 4. The van der Waals surface area contributed by atoms with E-state index in [1.807, 2.05) is 24.3 Å². The predicted molar refractivity (Wildman–Crippen MR) is 109 cm³/mol. The van der Waals surface area contributed by atoms with Crippen molar-refractivity contribution in [2.24, 2.45) is 5.92 Å². The first-order chi connectivity index (χ1) is 13.0. The molecule has 0 saturated carbocycles. The lowest BCUT2D eigenvalue weighted by Gasteiger charge is -2.30. The molecule has 0 bridgehead atoms. The van der Waals surface area contributed by atoms with E-state index in [-0.39, 0.29) is 11.8 Å². The van der Waals surface area contributed by atoms with Gasteiger partial charge in [0.25, 0.3) is 6.01 Å². The van der Waals surface area contributed by atoms with Crippen LogP contribution in [0.25, 0.3) is 11.1 Å². The van der Waals surface area contributed by atoms with Crippen molar-refractivity contribution in [3.63, 3.8) is 0 Å². The molecule has 0 unspecified atom stereocenters. The number of nitrogens with one attached hydrogen (secondary N) is 1. The van der Waals surface area contributed by atoms with Gasteiger partial charge in [-0.05, 0) is 37.1 Å². The Morgan fingerprint density at radius 3 is 2.52 bits per heavy atom. The molecule has 1 fully saturated rings. The summed E-state index contributed by atoms with van der Waals surface area (Å²) < 4.78 is 5.81. The van der Waals surface area contributed by atoms with Gasteiger partial charge in [-0.2, -0.15) is 4.98 Å². The predicted octanol–water partition coefficient (Wildman–Crippen LogP) is 5.64. The zero-order valence-corrected chi connectivity index (χ0v) is 16.5. The van der Waals surface area contributed by atoms with E-state index in [2.05, 4.69) is 15.2 Å². The Morgan fingerprint density at radius 2 is 1.78 bits per heavy atom. The molecule has 1 N–H and O–H groups in total. The van der Waals surface area contributed by atoms with Crippen LogP contribution < -0.4 is 10.2 Å². The summed E-state index contributed by atoms with van der Waals surface area (Å²) in [7, 11) is 0. The molecular formula is C19H16Cl3N3O2. The summed E-state index contributed by atoms with van der Waals surface area (Å²) >= 11 is 18.1. The van der Waals surface area contributed by atoms with Crippen LogP contribution in [0.1, 0.15) is 12.8 Å². The highest BCUT2D eigenvalue weighted by Gasteiger charge is 2.27. The number of hydrogen-bond donors (Lipinski definition) is 1. The molecule has 27 heavy (non-hydrogen) atoms. The summed E-state index contributed by atoms with van der Waals surface area (Å²) in [5, 5.41) is 3.92. The van der Waals surface area contributed by atoms with E-state index in [0.717, 1.165) is 11.1 Å². The molecule has 0 spiro atoms. The second-order valence-corrected chi connectivity index (χ2v) is 7.68. The molecule has 8 heteroatoms. The van der Waals surface area contributed by atoms with Gasteiger partial charge in [-0.1, -0.05) is 46.9 Å². The highest BCUT2D eigenvalue weighted by Crippen LogP contribution is 2.33. The van der Waals surface area contributed by atoms with Crippen molar-refractivity contribution < 1.29 is 9.21 Å². The van der Waals surface area contributed by atoms with E-state index in [4.69, 9.17) is 39.2 Å². The summed E-state index contributed by atoms with van der Waals surface area (Å²) in [4.78, 5) is 19.2. The van der Waals surface area contributed by atoms with Crippen LogP contribution in [0.4, 0.5) is 11.7 Å². The molecular weight excluding hydrogens is 409 g/mol. The number of fused-ring (bicyclic) bond motifs is 1. The van der Waals surface area contributed by atoms with Crippen molar-refractivity contribution in [3.8, 4) is 0 Å². The van der Waals surface area contributed by atoms with Gasteiger partial charge in [0.1, 0.15) is 5.52 Å². The Balaban J connectivity index is 1.40. The van der Waals surface area contributed by atoms with Crippen LogP contribution in [0.3, 0.4) is 0 Å². The Hall–Kier alpha value is -1.95. The molecule has 4 rings (SSSR count). The lowest BCUT2D eigenvalue weighted by molar-refractivity contribution is -0.120. The van der Waals surface area contributed by atoms with Crippen molar-refractivity contribution in [1.29, 1.82) is 0 Å². The first kappa shape index (κ1) is 18.4. The third kappa shape index (κ3) is 3.86. The van der Waals surface area contributed by atoms with Gasteiger partial charge >= 0.3 is 0 Å². The number of carbonyl (C=O) groups excluding carboxylic acids is 1. The van der Waals surface area contributed by atoms with Crippen LogP contribution in [-0.4, -0.2) is 24.0 Å².